The van der Waals surface area contributed by atoms with Gasteiger partial charge in [-0.3, -0.25) is 0 Å². The smallest absolute Gasteiger partial charge is 0.00701 e. The van der Waals surface area contributed by atoms with Gasteiger partial charge in [0.25, 0.3) is 0 Å². The van der Waals surface area contributed by atoms with Crippen molar-refractivity contribution in [3.8, 4) is 11.1 Å². The van der Waals surface area contributed by atoms with Crippen LogP contribution in [0.4, 0.5) is 0 Å². The molecule has 2 aromatic carbocycles. The SMILES string of the molecule is C1=C2c3ccccc3-c3cccc(c32)CCC1. The molecule has 0 aliphatic heterocycles. The Labute approximate surface area is 102 Å². The zero-order valence-corrected chi connectivity index (χ0v) is 9.74. The Morgan fingerprint density at radius 3 is 2.53 bits per heavy atom. The van der Waals surface area contributed by atoms with Crippen molar-refractivity contribution in [2.75, 3.05) is 0 Å². The quantitative estimate of drug-likeness (QED) is 0.523. The van der Waals surface area contributed by atoms with Gasteiger partial charge in [-0.1, -0.05) is 48.5 Å². The van der Waals surface area contributed by atoms with Gasteiger partial charge < -0.3 is 0 Å². The van der Waals surface area contributed by atoms with Gasteiger partial charge in [0.1, 0.15) is 0 Å². The van der Waals surface area contributed by atoms with Crippen LogP contribution in [0.15, 0.2) is 48.5 Å². The number of fused-ring (bicyclic) bond motifs is 3. The van der Waals surface area contributed by atoms with Crippen molar-refractivity contribution < 1.29 is 0 Å². The number of benzene rings is 2. The molecule has 0 atom stereocenters. The van der Waals surface area contributed by atoms with E-state index in [0.717, 1.165) is 0 Å². The lowest BCUT2D eigenvalue weighted by Gasteiger charge is -2.06. The number of rotatable bonds is 0. The average molecular weight is 218 g/mol. The first-order valence-electron chi connectivity index (χ1n) is 6.37. The second kappa shape index (κ2) is 3.33. The van der Waals surface area contributed by atoms with Crippen molar-refractivity contribution in [2.45, 2.75) is 19.3 Å². The number of aryl methyl sites for hydroxylation is 1. The van der Waals surface area contributed by atoms with Gasteiger partial charge in [0.15, 0.2) is 0 Å². The van der Waals surface area contributed by atoms with Crippen LogP contribution in [0.5, 0.6) is 0 Å². The Kier molecular flexibility index (Phi) is 1.81. The van der Waals surface area contributed by atoms with E-state index in [4.69, 9.17) is 0 Å². The van der Waals surface area contributed by atoms with E-state index < -0.39 is 0 Å². The van der Waals surface area contributed by atoms with Crippen LogP contribution in [-0.2, 0) is 6.42 Å². The first-order chi connectivity index (χ1) is 8.45. The normalized spacial score (nSPS) is 15.9. The molecule has 0 saturated heterocycles. The Morgan fingerprint density at radius 1 is 0.765 bits per heavy atom. The molecule has 2 aliphatic rings. The highest BCUT2D eigenvalue weighted by Crippen LogP contribution is 2.47. The van der Waals surface area contributed by atoms with Gasteiger partial charge in [-0.15, -0.1) is 0 Å². The molecular weight excluding hydrogens is 204 g/mol. The maximum Gasteiger partial charge on any atom is -0.00701 e. The van der Waals surface area contributed by atoms with E-state index in [0.29, 0.717) is 0 Å². The summed E-state index contributed by atoms with van der Waals surface area (Å²) in [6, 6.07) is 15.6. The molecule has 0 aromatic heterocycles. The minimum absolute atomic E-state index is 1.21. The highest BCUT2D eigenvalue weighted by Gasteiger charge is 2.25. The Bertz CT molecular complexity index is 632. The van der Waals surface area contributed by atoms with Gasteiger partial charge in [-0.05, 0) is 52.7 Å². The minimum Gasteiger partial charge on any atom is -0.0760 e. The number of hydrogen-bond donors (Lipinski definition) is 0. The average Bonchev–Trinajstić information content (AvgIpc) is 2.56. The minimum atomic E-state index is 1.21. The fourth-order valence-corrected chi connectivity index (χ4v) is 3.19. The van der Waals surface area contributed by atoms with Crippen molar-refractivity contribution >= 4 is 5.57 Å². The molecule has 0 heteroatoms. The van der Waals surface area contributed by atoms with Gasteiger partial charge in [0.2, 0.25) is 0 Å². The second-order valence-electron chi connectivity index (χ2n) is 4.90. The van der Waals surface area contributed by atoms with Crippen LogP contribution in [0.3, 0.4) is 0 Å². The molecule has 0 unspecified atom stereocenters. The molecule has 2 aromatic rings. The molecular formula is C17H14. The van der Waals surface area contributed by atoms with Gasteiger partial charge >= 0.3 is 0 Å². The summed E-state index contributed by atoms with van der Waals surface area (Å²) >= 11 is 0. The molecule has 0 spiro atoms. The largest absolute Gasteiger partial charge is 0.0760 e. The van der Waals surface area contributed by atoms with Crippen molar-refractivity contribution in [3.05, 3.63) is 65.2 Å². The van der Waals surface area contributed by atoms with Gasteiger partial charge in [-0.25, -0.2) is 0 Å². The van der Waals surface area contributed by atoms with E-state index in [9.17, 15) is 0 Å². The summed E-state index contributed by atoms with van der Waals surface area (Å²) < 4.78 is 0. The first-order valence-corrected chi connectivity index (χ1v) is 6.37. The van der Waals surface area contributed by atoms with E-state index in [2.05, 4.69) is 48.5 Å². The van der Waals surface area contributed by atoms with E-state index in [1.54, 1.807) is 0 Å². The molecule has 4 rings (SSSR count). The summed E-state index contributed by atoms with van der Waals surface area (Å²) in [6.07, 6.45) is 6.14. The van der Waals surface area contributed by atoms with Crippen LogP contribution < -0.4 is 0 Å². The fraction of sp³-hybridized carbons (Fsp3) is 0.176. The lowest BCUT2D eigenvalue weighted by atomic mass is 9.98. The van der Waals surface area contributed by atoms with E-state index in [1.807, 2.05) is 0 Å². The van der Waals surface area contributed by atoms with Crippen LogP contribution in [0.25, 0.3) is 16.7 Å². The summed E-state index contributed by atoms with van der Waals surface area (Å²) in [5, 5.41) is 0. The molecule has 0 fully saturated rings. The van der Waals surface area contributed by atoms with Crippen molar-refractivity contribution in [1.29, 1.82) is 0 Å². The first kappa shape index (κ1) is 9.23. The summed E-state index contributed by atoms with van der Waals surface area (Å²) in [4.78, 5) is 0. The van der Waals surface area contributed by atoms with Crippen molar-refractivity contribution in [1.82, 2.24) is 0 Å². The highest BCUT2D eigenvalue weighted by molar-refractivity contribution is 6.02. The third kappa shape index (κ3) is 1.18. The number of hydrogen-bond acceptors (Lipinski definition) is 0. The van der Waals surface area contributed by atoms with E-state index in [-0.39, 0.29) is 0 Å². The molecule has 0 heterocycles. The summed E-state index contributed by atoms with van der Waals surface area (Å²) in [6.45, 7) is 0. The van der Waals surface area contributed by atoms with Gasteiger partial charge in [-0.2, -0.15) is 0 Å². The third-order valence-electron chi connectivity index (χ3n) is 3.93. The molecule has 0 radical (unpaired) electrons. The van der Waals surface area contributed by atoms with E-state index >= 15 is 0 Å². The fourth-order valence-electron chi connectivity index (χ4n) is 3.19. The third-order valence-corrected chi connectivity index (χ3v) is 3.93. The monoisotopic (exact) mass is 218 g/mol. The van der Waals surface area contributed by atoms with Crippen LogP contribution in [0.1, 0.15) is 29.5 Å². The molecule has 2 aliphatic carbocycles. The second-order valence-corrected chi connectivity index (χ2v) is 4.90. The summed E-state index contributed by atoms with van der Waals surface area (Å²) in [7, 11) is 0. The Balaban J connectivity index is 2.14. The Hall–Kier alpha value is -1.82. The molecule has 0 nitrogen and oxygen atoms in total. The molecule has 0 amide bonds. The topological polar surface area (TPSA) is 0 Å². The summed E-state index contributed by atoms with van der Waals surface area (Å²) in [5.74, 6) is 0. The van der Waals surface area contributed by atoms with Crippen LogP contribution in [0.2, 0.25) is 0 Å². The van der Waals surface area contributed by atoms with Crippen molar-refractivity contribution in [3.63, 3.8) is 0 Å². The predicted molar refractivity (Wildman–Crippen MR) is 71.9 cm³/mol. The molecule has 0 saturated carbocycles. The van der Waals surface area contributed by atoms with Crippen molar-refractivity contribution in [2.24, 2.45) is 0 Å². The Morgan fingerprint density at radius 2 is 1.59 bits per heavy atom. The molecule has 0 bridgehead atoms. The maximum atomic E-state index is 2.43. The molecule has 17 heavy (non-hydrogen) atoms. The zero-order valence-electron chi connectivity index (χ0n) is 9.74. The summed E-state index contributed by atoms with van der Waals surface area (Å²) in [5.41, 5.74) is 8.79. The van der Waals surface area contributed by atoms with E-state index in [1.165, 1.54) is 52.7 Å². The maximum absolute atomic E-state index is 2.43. The predicted octanol–water partition coefficient (Wildman–Crippen LogP) is 4.44. The van der Waals surface area contributed by atoms with Crippen LogP contribution in [0, 0.1) is 0 Å². The molecule has 82 valence electrons. The highest BCUT2D eigenvalue weighted by atomic mass is 14.3. The number of allylic oxidation sites excluding steroid dienone is 1. The standard InChI is InChI=1S/C17H14/c1-2-10-15-13-8-3-4-9-14(13)16-11-5-7-12(6-1)17(15)16/h3-5,7-11H,1-2,6H2. The molecule has 0 N–H and O–H groups in total. The van der Waals surface area contributed by atoms with Gasteiger partial charge in [0, 0.05) is 0 Å². The van der Waals surface area contributed by atoms with Gasteiger partial charge in [0.05, 0.1) is 0 Å². The lowest BCUT2D eigenvalue weighted by molar-refractivity contribution is 0.851. The van der Waals surface area contributed by atoms with Crippen LogP contribution >= 0.6 is 0 Å². The van der Waals surface area contributed by atoms with Crippen LogP contribution in [-0.4, -0.2) is 0 Å². The lowest BCUT2D eigenvalue weighted by Crippen LogP contribution is -1.89. The zero-order chi connectivity index (χ0) is 11.2.